The highest BCUT2D eigenvalue weighted by Gasteiger charge is 2.25. The third kappa shape index (κ3) is 6.04. The van der Waals surface area contributed by atoms with E-state index in [1.54, 1.807) is 47.4 Å². The number of hydrogen-bond acceptors (Lipinski definition) is 4. The smallest absolute Gasteiger partial charge is 0.240 e. The van der Waals surface area contributed by atoms with Gasteiger partial charge in [0.2, 0.25) is 15.9 Å². The number of piperidine rings is 1. The average molecular weight is 437 g/mol. The average Bonchev–Trinajstić information content (AvgIpc) is 2.72. The summed E-state index contributed by atoms with van der Waals surface area (Å²) >= 11 is 1.19. The highest BCUT2D eigenvalue weighted by molar-refractivity contribution is 8.00. The summed E-state index contributed by atoms with van der Waals surface area (Å²) < 4.78 is 41.3. The molecule has 3 rings (SSSR count). The van der Waals surface area contributed by atoms with Gasteiger partial charge in [0.1, 0.15) is 5.82 Å². The van der Waals surface area contributed by atoms with Crippen molar-refractivity contribution in [2.45, 2.75) is 29.6 Å². The lowest BCUT2D eigenvalue weighted by atomic mass is 9.98. The summed E-state index contributed by atoms with van der Waals surface area (Å²) in [4.78, 5) is 15.0. The molecule has 0 aromatic heterocycles. The Kier molecular flexibility index (Phi) is 7.32. The van der Waals surface area contributed by atoms with Crippen molar-refractivity contribution in [3.63, 3.8) is 0 Å². The summed E-state index contributed by atoms with van der Waals surface area (Å²) in [6.07, 6.45) is 1.69. The lowest BCUT2D eigenvalue weighted by molar-refractivity contribution is -0.130. The maximum absolute atomic E-state index is 13.7. The van der Waals surface area contributed by atoms with E-state index < -0.39 is 10.0 Å². The van der Waals surface area contributed by atoms with Gasteiger partial charge in [0, 0.05) is 24.5 Å². The minimum atomic E-state index is -3.56. The van der Waals surface area contributed by atoms with Crippen LogP contribution in [0.4, 0.5) is 4.39 Å². The Balaban J connectivity index is 1.51. The number of nitrogens with one attached hydrogen (secondary N) is 1. The zero-order chi connectivity index (χ0) is 20.9. The van der Waals surface area contributed by atoms with Crippen molar-refractivity contribution in [3.05, 3.63) is 59.9 Å². The van der Waals surface area contributed by atoms with Crippen molar-refractivity contribution < 1.29 is 17.6 Å². The molecule has 29 heavy (non-hydrogen) atoms. The summed E-state index contributed by atoms with van der Waals surface area (Å²) in [5.41, 5.74) is 0.999. The van der Waals surface area contributed by atoms with Crippen molar-refractivity contribution in [1.29, 1.82) is 0 Å². The monoisotopic (exact) mass is 436 g/mol. The number of carbonyl (C=O) groups excluding carboxylic acids is 1. The molecule has 156 valence electrons. The molecule has 1 saturated heterocycles. The van der Waals surface area contributed by atoms with Crippen LogP contribution in [0.2, 0.25) is 0 Å². The molecule has 1 fully saturated rings. The SMILES string of the molecule is Cc1ccc(S(=O)(=O)NCC2CCCN(C(=O)CSc3ccccc3F)C2)cc1. The fraction of sp³-hybridized carbons (Fsp3) is 0.381. The van der Waals surface area contributed by atoms with Crippen LogP contribution in [0.3, 0.4) is 0 Å². The van der Waals surface area contributed by atoms with Crippen LogP contribution in [0.25, 0.3) is 0 Å². The first-order valence-electron chi connectivity index (χ1n) is 9.56. The standard InChI is InChI=1S/C21H25FN2O3S2/c1-16-8-10-18(11-9-16)29(26,27)23-13-17-5-4-12-24(14-17)21(25)15-28-20-7-3-2-6-19(20)22/h2-3,6-11,17,23H,4-5,12-15H2,1H3. The van der Waals surface area contributed by atoms with Gasteiger partial charge in [0.25, 0.3) is 0 Å². The molecule has 8 heteroatoms. The lowest BCUT2D eigenvalue weighted by Gasteiger charge is -2.32. The molecule has 0 spiro atoms. The van der Waals surface area contributed by atoms with Crippen LogP contribution in [0.1, 0.15) is 18.4 Å². The molecule has 1 atom stereocenters. The molecule has 1 N–H and O–H groups in total. The van der Waals surface area contributed by atoms with Crippen LogP contribution in [0.15, 0.2) is 58.3 Å². The van der Waals surface area contributed by atoms with Gasteiger partial charge < -0.3 is 4.90 Å². The minimum absolute atomic E-state index is 0.0515. The Morgan fingerprint density at radius 2 is 1.93 bits per heavy atom. The van der Waals surface area contributed by atoms with Gasteiger partial charge in [-0.2, -0.15) is 0 Å². The van der Waals surface area contributed by atoms with Gasteiger partial charge in [0.15, 0.2) is 0 Å². The Hall–Kier alpha value is -1.90. The fourth-order valence-electron chi connectivity index (χ4n) is 3.28. The zero-order valence-electron chi connectivity index (χ0n) is 16.3. The number of likely N-dealkylation sites (tertiary alicyclic amines) is 1. The molecule has 1 heterocycles. The molecule has 0 aliphatic carbocycles. The van der Waals surface area contributed by atoms with E-state index in [9.17, 15) is 17.6 Å². The summed E-state index contributed by atoms with van der Waals surface area (Å²) in [7, 11) is -3.56. The minimum Gasteiger partial charge on any atom is -0.342 e. The van der Waals surface area contributed by atoms with E-state index >= 15 is 0 Å². The first-order chi connectivity index (χ1) is 13.8. The number of benzene rings is 2. The molecule has 0 bridgehead atoms. The van der Waals surface area contributed by atoms with E-state index in [0.717, 1.165) is 18.4 Å². The third-order valence-corrected chi connectivity index (χ3v) is 7.43. The van der Waals surface area contributed by atoms with Crippen LogP contribution >= 0.6 is 11.8 Å². The Bertz CT molecular complexity index is 949. The number of thioether (sulfide) groups is 1. The van der Waals surface area contributed by atoms with Gasteiger partial charge in [-0.05, 0) is 49.9 Å². The molecule has 2 aromatic rings. The van der Waals surface area contributed by atoms with Crippen molar-refractivity contribution >= 4 is 27.7 Å². The normalized spacial score (nSPS) is 17.3. The largest absolute Gasteiger partial charge is 0.342 e. The van der Waals surface area contributed by atoms with Gasteiger partial charge >= 0.3 is 0 Å². The van der Waals surface area contributed by atoms with Crippen LogP contribution in [0, 0.1) is 18.7 Å². The van der Waals surface area contributed by atoms with Gasteiger partial charge in [-0.15, -0.1) is 11.8 Å². The molecule has 1 aliphatic rings. The number of halogens is 1. The Morgan fingerprint density at radius 1 is 1.21 bits per heavy atom. The number of hydrogen-bond donors (Lipinski definition) is 1. The van der Waals surface area contributed by atoms with E-state index in [2.05, 4.69) is 4.72 Å². The van der Waals surface area contributed by atoms with Crippen LogP contribution in [-0.2, 0) is 14.8 Å². The second-order valence-corrected chi connectivity index (χ2v) is 10.0. The third-order valence-electron chi connectivity index (χ3n) is 4.95. The molecular weight excluding hydrogens is 411 g/mol. The van der Waals surface area contributed by atoms with E-state index in [1.165, 1.54) is 17.8 Å². The summed E-state index contributed by atoms with van der Waals surface area (Å²) in [5, 5.41) is 0. The highest BCUT2D eigenvalue weighted by atomic mass is 32.2. The number of sulfonamides is 1. The predicted molar refractivity (Wildman–Crippen MR) is 113 cm³/mol. The summed E-state index contributed by atoms with van der Waals surface area (Å²) in [5.74, 6) is -0.147. The van der Waals surface area contributed by atoms with Crippen molar-refractivity contribution in [3.8, 4) is 0 Å². The fourth-order valence-corrected chi connectivity index (χ4v) is 5.24. The van der Waals surface area contributed by atoms with Gasteiger partial charge in [-0.3, -0.25) is 4.79 Å². The first-order valence-corrected chi connectivity index (χ1v) is 12.0. The molecular formula is C21H25FN2O3S2. The highest BCUT2D eigenvalue weighted by Crippen LogP contribution is 2.23. The summed E-state index contributed by atoms with van der Waals surface area (Å²) in [6, 6.07) is 13.1. The van der Waals surface area contributed by atoms with E-state index in [-0.39, 0.29) is 28.3 Å². The first kappa shape index (κ1) is 21.8. The van der Waals surface area contributed by atoms with Crippen molar-refractivity contribution in [2.75, 3.05) is 25.4 Å². The van der Waals surface area contributed by atoms with Gasteiger partial charge in [-0.25, -0.2) is 17.5 Å². The number of aryl methyl sites for hydroxylation is 1. The molecule has 2 aromatic carbocycles. The number of carbonyl (C=O) groups is 1. The van der Waals surface area contributed by atoms with E-state index in [1.807, 2.05) is 6.92 Å². The Morgan fingerprint density at radius 3 is 2.66 bits per heavy atom. The molecule has 0 radical (unpaired) electrons. The topological polar surface area (TPSA) is 66.5 Å². The van der Waals surface area contributed by atoms with Crippen LogP contribution in [0.5, 0.6) is 0 Å². The molecule has 1 amide bonds. The lowest BCUT2D eigenvalue weighted by Crippen LogP contribution is -2.44. The quantitative estimate of drug-likeness (QED) is 0.675. The molecule has 1 aliphatic heterocycles. The van der Waals surface area contributed by atoms with Gasteiger partial charge in [-0.1, -0.05) is 29.8 Å². The van der Waals surface area contributed by atoms with Crippen LogP contribution < -0.4 is 4.72 Å². The second kappa shape index (κ2) is 9.73. The molecule has 5 nitrogen and oxygen atoms in total. The second-order valence-electron chi connectivity index (χ2n) is 7.23. The predicted octanol–water partition coefficient (Wildman–Crippen LogP) is 3.44. The van der Waals surface area contributed by atoms with Gasteiger partial charge in [0.05, 0.1) is 10.6 Å². The summed E-state index contributed by atoms with van der Waals surface area (Å²) in [6.45, 7) is 3.35. The number of rotatable bonds is 7. The van der Waals surface area contributed by atoms with E-state index in [0.29, 0.717) is 24.5 Å². The zero-order valence-corrected chi connectivity index (χ0v) is 17.9. The van der Waals surface area contributed by atoms with Crippen molar-refractivity contribution in [2.24, 2.45) is 5.92 Å². The number of amides is 1. The number of nitrogens with zero attached hydrogens (tertiary/aromatic N) is 1. The maximum Gasteiger partial charge on any atom is 0.240 e. The maximum atomic E-state index is 13.7. The van der Waals surface area contributed by atoms with Crippen molar-refractivity contribution in [1.82, 2.24) is 9.62 Å². The Labute approximate surface area is 175 Å². The van der Waals surface area contributed by atoms with E-state index in [4.69, 9.17) is 0 Å². The molecule has 1 unspecified atom stereocenters. The molecule has 0 saturated carbocycles. The van der Waals surface area contributed by atoms with Crippen LogP contribution in [-0.4, -0.2) is 44.6 Å².